The Labute approximate surface area is 175 Å². The molecule has 0 radical (unpaired) electrons. The summed E-state index contributed by atoms with van der Waals surface area (Å²) in [7, 11) is 0. The van der Waals surface area contributed by atoms with Crippen LogP contribution in [-0.2, 0) is 6.54 Å². The topological polar surface area (TPSA) is 108 Å². The summed E-state index contributed by atoms with van der Waals surface area (Å²) in [6.45, 7) is 6.16. The van der Waals surface area contributed by atoms with Gasteiger partial charge in [0.15, 0.2) is 0 Å². The quantitative estimate of drug-likeness (QED) is 0.459. The molecule has 30 heavy (non-hydrogen) atoms. The van der Waals surface area contributed by atoms with Gasteiger partial charge in [-0.1, -0.05) is 12.1 Å². The highest BCUT2D eigenvalue weighted by Gasteiger charge is 2.27. The lowest BCUT2D eigenvalue weighted by atomic mass is 10.1. The molecule has 2 aromatic heterocycles. The van der Waals surface area contributed by atoms with Gasteiger partial charge in [0, 0.05) is 25.8 Å². The second-order valence-electron chi connectivity index (χ2n) is 6.89. The van der Waals surface area contributed by atoms with Crippen molar-refractivity contribution in [2.45, 2.75) is 26.8 Å². The molecule has 3 aromatic rings. The summed E-state index contributed by atoms with van der Waals surface area (Å²) in [5.74, 6) is 1.25. The molecule has 1 aromatic carbocycles. The first kappa shape index (κ1) is 19.4. The summed E-state index contributed by atoms with van der Waals surface area (Å²) in [4.78, 5) is 15.1. The number of nitrogens with zero attached hydrogens (tertiary/aromatic N) is 7. The minimum Gasteiger partial charge on any atom is -0.354 e. The highest BCUT2D eigenvalue weighted by Crippen LogP contribution is 2.38. The number of para-hydroxylation sites is 2. The van der Waals surface area contributed by atoms with Crippen LogP contribution in [0.15, 0.2) is 48.9 Å². The largest absolute Gasteiger partial charge is 0.354 e. The molecule has 0 amide bonds. The fraction of sp³-hybridized carbons (Fsp3) is 0.286. The molecule has 0 unspecified atom stereocenters. The zero-order valence-corrected chi connectivity index (χ0v) is 17.0. The van der Waals surface area contributed by atoms with Crippen LogP contribution in [0.3, 0.4) is 0 Å². The average Bonchev–Trinajstić information content (AvgIpc) is 3.41. The minimum atomic E-state index is 0.499. The van der Waals surface area contributed by atoms with Crippen LogP contribution in [0.2, 0.25) is 0 Å². The van der Waals surface area contributed by atoms with E-state index < -0.39 is 0 Å². The highest BCUT2D eigenvalue weighted by atomic mass is 15.3. The van der Waals surface area contributed by atoms with Crippen LogP contribution in [0.25, 0.3) is 5.57 Å². The molecule has 0 fully saturated rings. The molecule has 2 N–H and O–H groups in total. The van der Waals surface area contributed by atoms with Gasteiger partial charge < -0.3 is 15.5 Å². The second-order valence-corrected chi connectivity index (χ2v) is 6.89. The summed E-state index contributed by atoms with van der Waals surface area (Å²) >= 11 is 0. The predicted octanol–water partition coefficient (Wildman–Crippen LogP) is 3.02. The molecule has 0 atom stereocenters. The number of fused-ring (bicyclic) bond motifs is 1. The number of anilines is 3. The zero-order chi connectivity index (χ0) is 20.9. The van der Waals surface area contributed by atoms with E-state index in [1.807, 2.05) is 31.2 Å². The van der Waals surface area contributed by atoms with Crippen LogP contribution in [0.1, 0.15) is 24.6 Å². The maximum absolute atomic E-state index is 10.00. The lowest BCUT2D eigenvalue weighted by Crippen LogP contribution is -2.22. The summed E-state index contributed by atoms with van der Waals surface area (Å²) < 4.78 is 1.78. The molecular formula is C21H23N9. The van der Waals surface area contributed by atoms with Crippen molar-refractivity contribution < 1.29 is 0 Å². The van der Waals surface area contributed by atoms with E-state index in [0.29, 0.717) is 23.8 Å². The van der Waals surface area contributed by atoms with E-state index in [4.69, 9.17) is 0 Å². The molecule has 0 bridgehead atoms. The Bertz CT molecular complexity index is 1100. The van der Waals surface area contributed by atoms with Crippen molar-refractivity contribution in [1.29, 1.82) is 5.26 Å². The fourth-order valence-corrected chi connectivity index (χ4v) is 3.44. The molecule has 4 rings (SSSR count). The monoisotopic (exact) mass is 401 g/mol. The molecule has 0 saturated heterocycles. The number of allylic oxidation sites excluding steroid dienone is 1. The molecular weight excluding hydrogens is 378 g/mol. The van der Waals surface area contributed by atoms with Gasteiger partial charge in [-0.15, -0.1) is 0 Å². The van der Waals surface area contributed by atoms with Crippen LogP contribution in [0, 0.1) is 18.3 Å². The van der Waals surface area contributed by atoms with Gasteiger partial charge in [-0.2, -0.15) is 10.4 Å². The van der Waals surface area contributed by atoms with E-state index in [2.05, 4.69) is 48.6 Å². The van der Waals surface area contributed by atoms with Gasteiger partial charge >= 0.3 is 0 Å². The summed E-state index contributed by atoms with van der Waals surface area (Å²) in [5, 5.41) is 20.7. The van der Waals surface area contributed by atoms with E-state index in [9.17, 15) is 5.26 Å². The Hall–Kier alpha value is -3.93. The van der Waals surface area contributed by atoms with Gasteiger partial charge in [-0.05, 0) is 38.0 Å². The molecule has 9 heteroatoms. The van der Waals surface area contributed by atoms with Gasteiger partial charge in [0.1, 0.15) is 30.1 Å². The van der Waals surface area contributed by atoms with Gasteiger partial charge in [0.25, 0.3) is 0 Å². The fourth-order valence-electron chi connectivity index (χ4n) is 3.44. The van der Waals surface area contributed by atoms with Crippen LogP contribution in [0.5, 0.6) is 0 Å². The number of aryl methyl sites for hydroxylation is 2. The van der Waals surface area contributed by atoms with Gasteiger partial charge in [0.05, 0.1) is 17.1 Å². The summed E-state index contributed by atoms with van der Waals surface area (Å²) in [6, 6.07) is 10.4. The van der Waals surface area contributed by atoms with E-state index >= 15 is 0 Å². The molecule has 1 aliphatic heterocycles. The van der Waals surface area contributed by atoms with E-state index in [1.165, 1.54) is 6.33 Å². The molecule has 3 heterocycles. The van der Waals surface area contributed by atoms with Crippen molar-refractivity contribution in [2.75, 3.05) is 28.6 Å². The Morgan fingerprint density at radius 2 is 2.17 bits per heavy atom. The third-order valence-corrected chi connectivity index (χ3v) is 4.90. The maximum Gasteiger partial charge on any atom is 0.223 e. The first-order chi connectivity index (χ1) is 14.7. The normalized spacial score (nSPS) is 14.1. The smallest absolute Gasteiger partial charge is 0.223 e. The lowest BCUT2D eigenvalue weighted by molar-refractivity contribution is 0.589. The molecule has 0 saturated carbocycles. The van der Waals surface area contributed by atoms with Crippen molar-refractivity contribution in [3.8, 4) is 6.07 Å². The third-order valence-electron chi connectivity index (χ3n) is 4.90. The minimum absolute atomic E-state index is 0.499. The number of benzene rings is 1. The number of hydrogen-bond donors (Lipinski definition) is 2. The van der Waals surface area contributed by atoms with Gasteiger partial charge in [0.2, 0.25) is 5.95 Å². The Balaban J connectivity index is 1.57. The highest BCUT2D eigenvalue weighted by molar-refractivity contribution is 5.91. The van der Waals surface area contributed by atoms with E-state index in [0.717, 1.165) is 42.3 Å². The number of hydrogen-bond acceptors (Lipinski definition) is 8. The summed E-state index contributed by atoms with van der Waals surface area (Å²) in [6.07, 6.45) is 5.81. The van der Waals surface area contributed by atoms with Crippen LogP contribution >= 0.6 is 0 Å². The van der Waals surface area contributed by atoms with E-state index in [-0.39, 0.29) is 0 Å². The predicted molar refractivity (Wildman–Crippen MR) is 116 cm³/mol. The molecule has 0 spiro atoms. The zero-order valence-electron chi connectivity index (χ0n) is 17.0. The summed E-state index contributed by atoms with van der Waals surface area (Å²) in [5.41, 5.74) is 4.01. The van der Waals surface area contributed by atoms with Crippen molar-refractivity contribution in [1.82, 2.24) is 24.7 Å². The standard InChI is InChI=1S/C21H23N9/c1-3-30-18-8-5-4-7-17(18)27-20(30)16(11-22)19-15(2)12-25-21(28-19)24-9-6-10-29-14-23-13-26-29/h4-5,7-8,12-14,27H,3,6,9-10H2,1-2H3,(H,24,25,28)/b20-16+. The van der Waals surface area contributed by atoms with Gasteiger partial charge in [-0.25, -0.2) is 15.0 Å². The van der Waals surface area contributed by atoms with E-state index in [1.54, 1.807) is 17.2 Å². The second kappa shape index (κ2) is 8.61. The number of rotatable bonds is 7. The van der Waals surface area contributed by atoms with Gasteiger partial charge in [-0.3, -0.25) is 4.68 Å². The molecule has 9 nitrogen and oxygen atoms in total. The van der Waals surface area contributed by atoms with Crippen molar-refractivity contribution in [3.63, 3.8) is 0 Å². The number of nitrogens with one attached hydrogen (secondary N) is 2. The third kappa shape index (κ3) is 3.80. The number of nitriles is 1. The maximum atomic E-state index is 10.00. The Morgan fingerprint density at radius 3 is 2.93 bits per heavy atom. The molecule has 0 aliphatic carbocycles. The van der Waals surface area contributed by atoms with Crippen LogP contribution in [-0.4, -0.2) is 37.8 Å². The molecule has 152 valence electrons. The average molecular weight is 401 g/mol. The first-order valence-electron chi connectivity index (χ1n) is 9.89. The Kier molecular flexibility index (Phi) is 5.57. The van der Waals surface area contributed by atoms with Crippen molar-refractivity contribution in [2.24, 2.45) is 0 Å². The SMILES string of the molecule is CCN1/C(=C(\C#N)c2nc(NCCCn3cncn3)ncc2C)Nc2ccccc21. The number of aromatic nitrogens is 5. The lowest BCUT2D eigenvalue weighted by Gasteiger charge is -2.19. The Morgan fingerprint density at radius 1 is 1.30 bits per heavy atom. The van der Waals surface area contributed by atoms with Crippen LogP contribution in [0.4, 0.5) is 17.3 Å². The first-order valence-corrected chi connectivity index (χ1v) is 9.89. The van der Waals surface area contributed by atoms with Crippen molar-refractivity contribution >= 4 is 22.9 Å². The molecule has 1 aliphatic rings. The van der Waals surface area contributed by atoms with Crippen molar-refractivity contribution in [3.05, 3.63) is 60.2 Å². The van der Waals surface area contributed by atoms with Crippen LogP contribution < -0.4 is 15.5 Å².